The van der Waals surface area contributed by atoms with Gasteiger partial charge in [0.05, 0.1) is 34.3 Å². The highest BCUT2D eigenvalue weighted by Gasteiger charge is 2.72. The summed E-state index contributed by atoms with van der Waals surface area (Å²) in [5, 5.41) is 14.3. The third kappa shape index (κ3) is 7.36. The van der Waals surface area contributed by atoms with E-state index in [-0.39, 0.29) is 34.1 Å². The summed E-state index contributed by atoms with van der Waals surface area (Å²) in [4.78, 5) is 0. The lowest BCUT2D eigenvalue weighted by Crippen LogP contribution is -2.50. The van der Waals surface area contributed by atoms with Crippen molar-refractivity contribution >= 4 is 7.87 Å². The average molecular weight is 808 g/mol. The molecule has 0 aliphatic carbocycles. The van der Waals surface area contributed by atoms with E-state index in [4.69, 9.17) is 0 Å². The fraction of sp³-hybridized carbons (Fsp3) is 0.368. The Balaban J connectivity index is 1.59. The number of nitrogens with one attached hydrogen (secondary N) is 4. The van der Waals surface area contributed by atoms with Gasteiger partial charge in [-0.1, -0.05) is 76.2 Å². The first-order chi connectivity index (χ1) is 25.3. The van der Waals surface area contributed by atoms with Crippen LogP contribution in [0.2, 0.25) is 0 Å². The van der Waals surface area contributed by atoms with E-state index in [0.29, 0.717) is 0 Å². The molecule has 0 amide bonds. The Morgan fingerprint density at radius 2 is 0.600 bits per heavy atom. The van der Waals surface area contributed by atoms with Gasteiger partial charge in [-0.3, -0.25) is 0 Å². The Morgan fingerprint density at radius 1 is 0.400 bits per heavy atom. The molecule has 4 N–H and O–H groups in total. The van der Waals surface area contributed by atoms with Crippen LogP contribution in [0.1, 0.15) is 72.2 Å². The fourth-order valence-corrected chi connectivity index (χ4v) is 11.8. The molecular weight excluding hydrogens is 771 g/mol. The van der Waals surface area contributed by atoms with Crippen molar-refractivity contribution in [2.45, 2.75) is 75.6 Å². The quantitative estimate of drug-likeness (QED) is 0.116. The van der Waals surface area contributed by atoms with Crippen LogP contribution in [-0.2, 0) is 35.8 Å². The number of benzene rings is 4. The number of alkyl halides is 12. The van der Waals surface area contributed by atoms with Gasteiger partial charge in [-0.15, -0.1) is 20.3 Å². The highest BCUT2D eigenvalue weighted by Crippen LogP contribution is 2.65. The predicted molar refractivity (Wildman–Crippen MR) is 184 cm³/mol. The first-order valence-corrected chi connectivity index (χ1v) is 18.9. The summed E-state index contributed by atoms with van der Waals surface area (Å²) in [5.41, 5.74) is -5.88. The van der Waals surface area contributed by atoms with E-state index in [1.54, 1.807) is 27.7 Å². The van der Waals surface area contributed by atoms with Crippen LogP contribution in [0.3, 0.4) is 0 Å². The molecule has 4 aromatic carbocycles. The normalized spacial score (nSPS) is 22.9. The van der Waals surface area contributed by atoms with Crippen LogP contribution >= 0.6 is 7.87 Å². The van der Waals surface area contributed by atoms with E-state index in [1.165, 1.54) is 48.5 Å². The van der Waals surface area contributed by atoms with Gasteiger partial charge in [-0.25, -0.2) is 0 Å². The first kappa shape index (κ1) is 41.0. The Morgan fingerprint density at radius 3 is 0.764 bits per heavy atom. The molecule has 55 heavy (non-hydrogen) atoms. The molecule has 2 aliphatic rings. The minimum atomic E-state index is -4.70. The van der Waals surface area contributed by atoms with E-state index in [9.17, 15) is 52.7 Å². The summed E-state index contributed by atoms with van der Waals surface area (Å²) < 4.78 is 165. The number of hydrogen-bond acceptors (Lipinski definition) is 4. The maximum Gasteiger partial charge on any atom is 0.416 e. The van der Waals surface area contributed by atoms with Crippen molar-refractivity contribution in [2.24, 2.45) is 11.8 Å². The van der Waals surface area contributed by atoms with Crippen molar-refractivity contribution in [2.75, 3.05) is 0 Å². The Hall–Kier alpha value is -3.69. The second-order valence-electron chi connectivity index (χ2n) is 14.5. The lowest BCUT2D eigenvalue weighted by molar-refractivity contribution is -0.138. The summed E-state index contributed by atoms with van der Waals surface area (Å²) in [6.07, 6.45) is -18.8. The minimum absolute atomic E-state index is 0.259. The standard InChI is InChI=1S/C38H36F12N4P/c1-21(2)31-33(23-5-13-27(14-6-23)35(39,40)41,24-7-15-28(16-8-24)36(42,43)44)53-55(51-31)52-32(22(3)4)34(54-55,25-9-17-29(18-10-25)37(45,46)47)26-11-19-30(20-12-26)38(48,49)50/h5-22,31-32,51-54H,1-4H3/q+1. The summed E-state index contributed by atoms with van der Waals surface area (Å²) in [6, 6.07) is 15.3. The zero-order valence-corrected chi connectivity index (χ0v) is 30.4. The van der Waals surface area contributed by atoms with E-state index in [0.717, 1.165) is 48.5 Å². The maximum atomic E-state index is 13.7. The van der Waals surface area contributed by atoms with Gasteiger partial charge in [0.1, 0.15) is 11.1 Å². The molecule has 4 nitrogen and oxygen atoms in total. The van der Waals surface area contributed by atoms with Crippen LogP contribution in [0.15, 0.2) is 97.1 Å². The average Bonchev–Trinajstić information content (AvgIpc) is 3.63. The summed E-state index contributed by atoms with van der Waals surface area (Å²) in [6.45, 7) is 7.22. The molecule has 6 rings (SSSR count). The molecule has 0 bridgehead atoms. The van der Waals surface area contributed by atoms with E-state index < -0.39 is 78.0 Å². The minimum Gasteiger partial charge on any atom is -0.166 e. The first-order valence-electron chi connectivity index (χ1n) is 17.1. The molecule has 2 atom stereocenters. The molecule has 2 heterocycles. The van der Waals surface area contributed by atoms with Gasteiger partial charge in [0.25, 0.3) is 0 Å². The van der Waals surface area contributed by atoms with Crippen LogP contribution in [0.5, 0.6) is 0 Å². The topological polar surface area (TPSA) is 48.1 Å². The maximum absolute atomic E-state index is 13.7. The summed E-state index contributed by atoms with van der Waals surface area (Å²) in [5.74, 6) is -0.741. The summed E-state index contributed by atoms with van der Waals surface area (Å²) in [7, 11) is -3.39. The zero-order valence-electron chi connectivity index (χ0n) is 29.5. The lowest BCUT2D eigenvalue weighted by Gasteiger charge is -2.36. The summed E-state index contributed by atoms with van der Waals surface area (Å²) >= 11 is 0. The number of halogens is 12. The Bertz CT molecular complexity index is 1710. The van der Waals surface area contributed by atoms with Crippen LogP contribution in [-0.4, -0.2) is 12.1 Å². The molecule has 2 fully saturated rings. The van der Waals surface area contributed by atoms with Crippen molar-refractivity contribution in [3.05, 3.63) is 142 Å². The molecule has 2 unspecified atom stereocenters. The lowest BCUT2D eigenvalue weighted by atomic mass is 9.74. The van der Waals surface area contributed by atoms with E-state index >= 15 is 0 Å². The Labute approximate surface area is 309 Å². The van der Waals surface area contributed by atoms with Gasteiger partial charge in [0, 0.05) is 0 Å². The molecule has 2 saturated heterocycles. The van der Waals surface area contributed by atoms with Gasteiger partial charge in [-0.2, -0.15) is 52.7 Å². The largest absolute Gasteiger partial charge is 0.416 e. The smallest absolute Gasteiger partial charge is 0.166 e. The molecule has 296 valence electrons. The monoisotopic (exact) mass is 807 g/mol. The molecule has 1 spiro atoms. The van der Waals surface area contributed by atoms with Crippen molar-refractivity contribution in [1.29, 1.82) is 0 Å². The molecule has 2 aliphatic heterocycles. The molecule has 0 saturated carbocycles. The van der Waals surface area contributed by atoms with Crippen molar-refractivity contribution in [3.63, 3.8) is 0 Å². The van der Waals surface area contributed by atoms with Crippen molar-refractivity contribution in [1.82, 2.24) is 20.3 Å². The number of rotatable bonds is 6. The highest BCUT2D eigenvalue weighted by molar-refractivity contribution is 7.69. The fourth-order valence-electron chi connectivity index (χ4n) is 7.77. The Kier molecular flexibility index (Phi) is 10.2. The van der Waals surface area contributed by atoms with E-state index in [2.05, 4.69) is 20.3 Å². The second-order valence-corrected chi connectivity index (χ2v) is 16.8. The van der Waals surface area contributed by atoms with Gasteiger partial charge in [0.2, 0.25) is 0 Å². The molecule has 17 heteroatoms. The highest BCUT2D eigenvalue weighted by atomic mass is 31.2. The molecule has 0 radical (unpaired) electrons. The van der Waals surface area contributed by atoms with Gasteiger partial charge in [0.15, 0.2) is 0 Å². The zero-order chi connectivity index (χ0) is 40.6. The van der Waals surface area contributed by atoms with Crippen LogP contribution in [0, 0.1) is 11.8 Å². The van der Waals surface area contributed by atoms with Crippen LogP contribution < -0.4 is 20.3 Å². The predicted octanol–water partition coefficient (Wildman–Crippen LogP) is 11.1. The second kappa shape index (κ2) is 13.8. The van der Waals surface area contributed by atoms with Gasteiger partial charge >= 0.3 is 32.6 Å². The van der Waals surface area contributed by atoms with Gasteiger partial charge in [-0.05, 0) is 82.6 Å². The molecule has 4 aromatic rings. The van der Waals surface area contributed by atoms with Crippen molar-refractivity contribution in [3.8, 4) is 0 Å². The van der Waals surface area contributed by atoms with Crippen LogP contribution in [0.25, 0.3) is 0 Å². The third-order valence-electron chi connectivity index (χ3n) is 10.3. The third-order valence-corrected chi connectivity index (χ3v) is 13.0. The van der Waals surface area contributed by atoms with Crippen LogP contribution in [0.4, 0.5) is 52.7 Å². The van der Waals surface area contributed by atoms with Crippen molar-refractivity contribution < 1.29 is 52.7 Å². The molecular formula is C38H36F12N4P+. The molecule has 0 aromatic heterocycles. The number of hydrogen-bond donors (Lipinski definition) is 4. The SMILES string of the molecule is CC(C)C1N[P+]2(NC(C(C)C)C(c3ccc(C(F)(F)F)cc3)(c3ccc(C(F)(F)F)cc3)N2)NC1(c1ccc(C(F)(F)F)cc1)c1ccc(C(F)(F)F)cc1. The van der Waals surface area contributed by atoms with E-state index in [1.807, 2.05) is 0 Å². The van der Waals surface area contributed by atoms with Gasteiger partial charge < -0.3 is 0 Å².